The first kappa shape index (κ1) is 39.2. The first-order valence-electron chi connectivity index (χ1n) is 17.5. The fourth-order valence-electron chi connectivity index (χ4n) is 10.4. The number of aliphatic hydroxyl groups is 3. The van der Waals surface area contributed by atoms with Crippen molar-refractivity contribution in [3.8, 4) is 0 Å². The lowest BCUT2D eigenvalue weighted by Gasteiger charge is -2.59. The van der Waals surface area contributed by atoms with Crippen LogP contribution in [0.3, 0.4) is 0 Å². The van der Waals surface area contributed by atoms with Crippen molar-refractivity contribution < 1.29 is 63.9 Å². The number of ketones is 1. The van der Waals surface area contributed by atoms with Crippen LogP contribution >= 0.6 is 0 Å². The lowest BCUT2D eigenvalue weighted by atomic mass is 9.47. The molecule has 0 amide bonds. The number of allylic oxidation sites excluding steroid dienone is 2. The summed E-state index contributed by atoms with van der Waals surface area (Å²) in [5.41, 5.74) is 0.668. The second-order valence-electron chi connectivity index (χ2n) is 16.1. The fourth-order valence-corrected chi connectivity index (χ4v) is 11.5. The minimum Gasteiger partial charge on any atom is -0.387 e. The molecular formula is C33H54O14S2. The summed E-state index contributed by atoms with van der Waals surface area (Å²) < 4.78 is 86.8. The van der Waals surface area contributed by atoms with Gasteiger partial charge in [0.2, 0.25) is 0 Å². The van der Waals surface area contributed by atoms with E-state index in [2.05, 4.69) is 31.0 Å². The third kappa shape index (κ3) is 7.85. The predicted octanol–water partition coefficient (Wildman–Crippen LogP) is 3.02. The molecule has 0 bridgehead atoms. The first-order chi connectivity index (χ1) is 22.6. The van der Waals surface area contributed by atoms with Crippen LogP contribution in [0.15, 0.2) is 11.6 Å². The van der Waals surface area contributed by atoms with E-state index in [0.29, 0.717) is 25.7 Å². The third-order valence-corrected chi connectivity index (χ3v) is 13.8. The minimum atomic E-state index is -4.97. The summed E-state index contributed by atoms with van der Waals surface area (Å²) in [5, 5.41) is 32.3. The summed E-state index contributed by atoms with van der Waals surface area (Å²) in [6, 6.07) is 0. The molecule has 3 saturated carbocycles. The molecule has 16 heteroatoms. The number of fused-ring (bicyclic) bond motifs is 5. The van der Waals surface area contributed by atoms with Crippen molar-refractivity contribution in [3.63, 3.8) is 0 Å². The van der Waals surface area contributed by atoms with Gasteiger partial charge in [0.25, 0.3) is 0 Å². The summed E-state index contributed by atoms with van der Waals surface area (Å²) in [5.74, 6) is -0.0488. The number of aliphatic hydroxyl groups excluding tert-OH is 3. The van der Waals surface area contributed by atoms with Gasteiger partial charge in [0.05, 0.1) is 18.3 Å². The monoisotopic (exact) mass is 738 g/mol. The van der Waals surface area contributed by atoms with Crippen molar-refractivity contribution in [1.82, 2.24) is 0 Å². The largest absolute Gasteiger partial charge is 0.397 e. The van der Waals surface area contributed by atoms with Crippen molar-refractivity contribution >= 4 is 26.6 Å². The lowest BCUT2D eigenvalue weighted by Crippen LogP contribution is -2.61. The van der Waals surface area contributed by atoms with Crippen molar-refractivity contribution in [3.05, 3.63) is 11.6 Å². The predicted molar refractivity (Wildman–Crippen MR) is 174 cm³/mol. The molecule has 0 unspecified atom stereocenters. The van der Waals surface area contributed by atoms with Gasteiger partial charge in [-0.25, -0.2) is 8.37 Å². The van der Waals surface area contributed by atoms with Crippen LogP contribution in [0, 0.1) is 46.3 Å². The summed E-state index contributed by atoms with van der Waals surface area (Å²) in [6.07, 6.45) is -3.17. The molecule has 0 aromatic heterocycles. The van der Waals surface area contributed by atoms with Gasteiger partial charge in [-0.1, -0.05) is 46.3 Å². The van der Waals surface area contributed by atoms with E-state index in [4.69, 9.17) is 13.7 Å². The lowest BCUT2D eigenvalue weighted by molar-refractivity contribution is -0.312. The highest BCUT2D eigenvalue weighted by molar-refractivity contribution is 7.81. The molecule has 0 aromatic rings. The molecule has 0 aromatic carbocycles. The van der Waals surface area contributed by atoms with E-state index in [1.807, 2.05) is 13.8 Å². The van der Waals surface area contributed by atoms with Crippen LogP contribution in [0.25, 0.3) is 0 Å². The van der Waals surface area contributed by atoms with Gasteiger partial charge in [-0.15, -0.1) is 0 Å². The Morgan fingerprint density at radius 3 is 2.24 bits per heavy atom. The zero-order chi connectivity index (χ0) is 36.4. The maximum absolute atomic E-state index is 12.9. The zero-order valence-corrected chi connectivity index (χ0v) is 30.7. The highest BCUT2D eigenvalue weighted by Crippen LogP contribution is 2.67. The average molecular weight is 739 g/mol. The van der Waals surface area contributed by atoms with Crippen LogP contribution in [0.2, 0.25) is 0 Å². The Kier molecular flexibility index (Phi) is 11.2. The van der Waals surface area contributed by atoms with Gasteiger partial charge >= 0.3 is 20.8 Å². The van der Waals surface area contributed by atoms with Gasteiger partial charge in [-0.05, 0) is 98.2 Å². The molecule has 4 aliphatic carbocycles. The van der Waals surface area contributed by atoms with E-state index in [1.165, 1.54) is 12.5 Å². The third-order valence-electron chi connectivity index (χ3n) is 12.8. The summed E-state index contributed by atoms with van der Waals surface area (Å²) in [7, 11) is -9.69. The summed E-state index contributed by atoms with van der Waals surface area (Å²) in [4.78, 5) is 12.9. The van der Waals surface area contributed by atoms with E-state index >= 15 is 0 Å². The fraction of sp³-hybridized carbons (Fsp3) is 0.909. The Balaban J connectivity index is 1.43. The number of Topliss-reactive ketones (excluding diaryl/α,β-unsaturated/α-hetero) is 1. The number of carbonyl (C=O) groups is 1. The van der Waals surface area contributed by atoms with Crippen molar-refractivity contribution in [2.45, 2.75) is 142 Å². The molecule has 5 N–H and O–H groups in total. The molecule has 1 aliphatic heterocycles. The maximum atomic E-state index is 12.9. The molecule has 282 valence electrons. The minimum absolute atomic E-state index is 0.0527. The SMILES string of the molecule is CC(C)[C@@H](O)C(=O)C[C@@H](C)[C@H]1CC[C@H]2[C@@H]3C[C@H](O[C@@H]4O[C@H](C)[C@@H](OS(=O)(=O)O)[C@H](O)[C@H]4O)[C@H]4C[C@@H](OS(=O)(=O)O)CC[C@]4(C)C3=CC[C@]12C. The van der Waals surface area contributed by atoms with Gasteiger partial charge in [-0.3, -0.25) is 13.9 Å². The maximum Gasteiger partial charge on any atom is 0.397 e. The Hall–Kier alpha value is -1.05. The second kappa shape index (κ2) is 14.1. The van der Waals surface area contributed by atoms with Crippen LogP contribution in [0.1, 0.15) is 92.9 Å². The Morgan fingerprint density at radius 2 is 1.63 bits per heavy atom. The molecule has 1 heterocycles. The van der Waals surface area contributed by atoms with Gasteiger partial charge in [0.15, 0.2) is 12.1 Å². The normalized spacial score (nSPS) is 44.0. The van der Waals surface area contributed by atoms with Crippen LogP contribution in [-0.4, -0.2) is 96.1 Å². The van der Waals surface area contributed by atoms with Crippen molar-refractivity contribution in [1.29, 1.82) is 0 Å². The van der Waals surface area contributed by atoms with Gasteiger partial charge in [-0.2, -0.15) is 16.8 Å². The number of carbonyl (C=O) groups excluding carboxylic acids is 1. The van der Waals surface area contributed by atoms with E-state index in [-0.39, 0.29) is 53.1 Å². The molecule has 0 radical (unpaired) electrons. The highest BCUT2D eigenvalue weighted by Gasteiger charge is 2.61. The van der Waals surface area contributed by atoms with E-state index in [0.717, 1.165) is 19.3 Å². The van der Waals surface area contributed by atoms with Crippen LogP contribution in [0.5, 0.6) is 0 Å². The Labute approximate surface area is 289 Å². The second-order valence-corrected chi connectivity index (χ2v) is 18.2. The zero-order valence-electron chi connectivity index (χ0n) is 29.0. The van der Waals surface area contributed by atoms with Gasteiger partial charge in [0, 0.05) is 6.42 Å². The van der Waals surface area contributed by atoms with E-state index < -0.39 is 75.2 Å². The topological polar surface area (TPSA) is 223 Å². The Bertz CT molecular complexity index is 1480. The number of rotatable bonds is 11. The van der Waals surface area contributed by atoms with Gasteiger partial charge in [0.1, 0.15) is 24.4 Å². The van der Waals surface area contributed by atoms with Crippen molar-refractivity contribution in [2.24, 2.45) is 46.3 Å². The smallest absolute Gasteiger partial charge is 0.387 e. The standard InChI is InChI=1S/C33H54O14S2/c1-16(2)27(35)25(34)13-17(3)21-7-8-22-20-15-26(45-31-29(37)28(36)30(18(4)44-31)47-49(41,42)43)24-14-19(46-48(38,39)40)9-11-33(24,6)23(20)10-12-32(21,22)5/h10,16-22,24,26-31,35-37H,7-9,11-15H2,1-6H3,(H,38,39,40)(H,41,42,43)/t17-,18-,19+,20+,21-,22+,24-,26+,27-,28-,29-,30-,31+,32-,33-/m1/s1. The molecular weight excluding hydrogens is 684 g/mol. The number of hydrogen-bond acceptors (Lipinski definition) is 12. The molecule has 15 atom stereocenters. The number of ether oxygens (including phenoxy) is 2. The van der Waals surface area contributed by atoms with Gasteiger partial charge < -0.3 is 24.8 Å². The molecule has 14 nitrogen and oxygen atoms in total. The molecule has 5 rings (SSSR count). The highest BCUT2D eigenvalue weighted by atomic mass is 32.3. The Morgan fingerprint density at radius 1 is 0.980 bits per heavy atom. The molecule has 4 fully saturated rings. The quantitative estimate of drug-likeness (QED) is 0.152. The molecule has 49 heavy (non-hydrogen) atoms. The average Bonchev–Trinajstić information content (AvgIpc) is 3.34. The molecule has 5 aliphatic rings. The number of hydrogen-bond donors (Lipinski definition) is 5. The summed E-state index contributed by atoms with van der Waals surface area (Å²) >= 11 is 0. The first-order valence-corrected chi connectivity index (χ1v) is 20.2. The van der Waals surface area contributed by atoms with E-state index in [9.17, 15) is 46.1 Å². The summed E-state index contributed by atoms with van der Waals surface area (Å²) in [6.45, 7) is 11.6. The molecule has 1 saturated heterocycles. The molecule has 0 spiro atoms. The van der Waals surface area contributed by atoms with E-state index in [1.54, 1.807) is 0 Å². The van der Waals surface area contributed by atoms with Crippen LogP contribution in [0.4, 0.5) is 0 Å². The van der Waals surface area contributed by atoms with Crippen LogP contribution in [-0.2, 0) is 43.4 Å². The van der Waals surface area contributed by atoms with Crippen LogP contribution < -0.4 is 0 Å². The van der Waals surface area contributed by atoms with Crippen molar-refractivity contribution in [2.75, 3.05) is 0 Å².